The van der Waals surface area contributed by atoms with E-state index in [9.17, 15) is 19.2 Å². The number of amides is 2. The van der Waals surface area contributed by atoms with Crippen molar-refractivity contribution in [3.05, 3.63) is 23.5 Å². The number of anilines is 1. The maximum absolute atomic E-state index is 12.8. The maximum atomic E-state index is 12.8. The molecule has 154 valence electrons. The Morgan fingerprint density at radius 2 is 1.39 bits per heavy atom. The van der Waals surface area contributed by atoms with E-state index in [-0.39, 0.29) is 22.7 Å². The maximum Gasteiger partial charge on any atom is 0.424 e. The number of imide groups is 1. The van der Waals surface area contributed by atoms with Crippen molar-refractivity contribution >= 4 is 29.6 Å². The van der Waals surface area contributed by atoms with E-state index in [1.54, 1.807) is 41.5 Å². The molecule has 0 aliphatic heterocycles. The molecular weight excluding hydrogens is 368 g/mol. The lowest BCUT2D eigenvalue weighted by atomic mass is 10.1. The van der Waals surface area contributed by atoms with Crippen LogP contribution < -0.4 is 4.90 Å². The van der Waals surface area contributed by atoms with Crippen molar-refractivity contribution in [1.29, 1.82) is 0 Å². The van der Waals surface area contributed by atoms with Crippen molar-refractivity contribution in [2.75, 3.05) is 12.0 Å². The second-order valence-corrected chi connectivity index (χ2v) is 7.94. The zero-order valence-electron chi connectivity index (χ0n) is 17.4. The monoisotopic (exact) mass is 394 g/mol. The first-order valence-electron chi connectivity index (χ1n) is 8.51. The predicted octanol–water partition coefficient (Wildman–Crippen LogP) is 3.75. The highest BCUT2D eigenvalue weighted by atomic mass is 16.6. The summed E-state index contributed by atoms with van der Waals surface area (Å²) in [5.74, 6) is -1.28. The van der Waals surface area contributed by atoms with Crippen molar-refractivity contribution in [2.45, 2.75) is 59.7 Å². The largest absolute Gasteiger partial charge is 0.464 e. The fourth-order valence-electron chi connectivity index (χ4n) is 1.96. The topological polar surface area (TPSA) is 112 Å². The molecule has 0 aliphatic carbocycles. The van der Waals surface area contributed by atoms with Gasteiger partial charge >= 0.3 is 18.2 Å². The molecule has 1 rings (SSSR count). The molecule has 0 saturated carbocycles. The Morgan fingerprint density at radius 3 is 1.75 bits per heavy atom. The summed E-state index contributed by atoms with van der Waals surface area (Å²) < 4.78 is 15.2. The number of rotatable bonds is 3. The van der Waals surface area contributed by atoms with Gasteiger partial charge in [0.2, 0.25) is 0 Å². The SMILES string of the molecule is COC(=O)c1ncc(C(C)=O)cc1N(C(=O)OC(C)(C)C)C(=O)OC(C)(C)C. The van der Waals surface area contributed by atoms with Gasteiger partial charge in [0.1, 0.15) is 11.2 Å². The van der Waals surface area contributed by atoms with E-state index in [2.05, 4.69) is 9.72 Å². The number of hydrogen-bond acceptors (Lipinski definition) is 8. The third kappa shape index (κ3) is 6.33. The molecule has 2 amide bonds. The van der Waals surface area contributed by atoms with E-state index in [0.717, 1.165) is 13.3 Å². The number of ketones is 1. The number of nitrogens with zero attached hydrogens (tertiary/aromatic N) is 2. The van der Waals surface area contributed by atoms with Gasteiger partial charge in [-0.1, -0.05) is 0 Å². The Labute approximate surface area is 164 Å². The Morgan fingerprint density at radius 1 is 0.929 bits per heavy atom. The summed E-state index contributed by atoms with van der Waals surface area (Å²) in [7, 11) is 1.12. The molecule has 0 spiro atoms. The van der Waals surface area contributed by atoms with Gasteiger partial charge in [-0.15, -0.1) is 0 Å². The second kappa shape index (κ2) is 8.37. The van der Waals surface area contributed by atoms with Gasteiger partial charge < -0.3 is 14.2 Å². The lowest BCUT2D eigenvalue weighted by Crippen LogP contribution is -2.44. The molecule has 9 heteroatoms. The van der Waals surface area contributed by atoms with E-state index in [1.165, 1.54) is 13.0 Å². The Bertz CT molecular complexity index is 760. The summed E-state index contributed by atoms with van der Waals surface area (Å²) in [4.78, 5) is 53.9. The van der Waals surface area contributed by atoms with Gasteiger partial charge in [-0.25, -0.2) is 19.4 Å². The van der Waals surface area contributed by atoms with Crippen LogP contribution in [0, 0.1) is 0 Å². The van der Waals surface area contributed by atoms with E-state index in [4.69, 9.17) is 9.47 Å². The molecule has 0 fully saturated rings. The van der Waals surface area contributed by atoms with Crippen LogP contribution in [0.15, 0.2) is 12.3 Å². The zero-order chi connectivity index (χ0) is 21.9. The summed E-state index contributed by atoms with van der Waals surface area (Å²) in [5, 5.41) is 0. The van der Waals surface area contributed by atoms with Crippen molar-refractivity contribution in [3.63, 3.8) is 0 Å². The third-order valence-corrected chi connectivity index (χ3v) is 3.05. The van der Waals surface area contributed by atoms with Crippen LogP contribution in [0.4, 0.5) is 15.3 Å². The summed E-state index contributed by atoms with van der Waals surface area (Å²) in [6, 6.07) is 1.19. The van der Waals surface area contributed by atoms with Crippen LogP contribution in [0.2, 0.25) is 0 Å². The second-order valence-electron chi connectivity index (χ2n) is 7.94. The minimum absolute atomic E-state index is 0.0831. The highest BCUT2D eigenvalue weighted by molar-refractivity contribution is 6.13. The van der Waals surface area contributed by atoms with Crippen LogP contribution in [-0.2, 0) is 14.2 Å². The standard InChI is InChI=1S/C19H26N2O7/c1-11(22)12-9-13(14(20-10-12)15(23)26-8)21(16(24)27-18(2,3)4)17(25)28-19(5,6)7/h9-10H,1-8H3. The summed E-state index contributed by atoms with van der Waals surface area (Å²) in [5.41, 5.74) is -2.41. The molecule has 0 aromatic carbocycles. The van der Waals surface area contributed by atoms with Crippen molar-refractivity contribution in [1.82, 2.24) is 4.98 Å². The van der Waals surface area contributed by atoms with Gasteiger partial charge in [0.25, 0.3) is 0 Å². The molecule has 1 aromatic heterocycles. The molecule has 28 heavy (non-hydrogen) atoms. The van der Waals surface area contributed by atoms with Gasteiger partial charge in [0.05, 0.1) is 12.8 Å². The number of aromatic nitrogens is 1. The zero-order valence-corrected chi connectivity index (χ0v) is 17.4. The Kier molecular flexibility index (Phi) is 6.89. The Balaban J connectivity index is 3.64. The Hall–Kier alpha value is -2.97. The predicted molar refractivity (Wildman–Crippen MR) is 101 cm³/mol. The normalized spacial score (nSPS) is 11.4. The van der Waals surface area contributed by atoms with E-state index in [1.807, 2.05) is 0 Å². The van der Waals surface area contributed by atoms with Crippen LogP contribution >= 0.6 is 0 Å². The highest BCUT2D eigenvalue weighted by Gasteiger charge is 2.36. The smallest absolute Gasteiger partial charge is 0.424 e. The van der Waals surface area contributed by atoms with Gasteiger partial charge in [0.15, 0.2) is 11.5 Å². The number of esters is 1. The average Bonchev–Trinajstić information content (AvgIpc) is 2.50. The third-order valence-electron chi connectivity index (χ3n) is 3.05. The van der Waals surface area contributed by atoms with Crippen LogP contribution in [0.3, 0.4) is 0 Å². The number of pyridine rings is 1. The van der Waals surface area contributed by atoms with Gasteiger partial charge in [-0.3, -0.25) is 4.79 Å². The summed E-state index contributed by atoms with van der Waals surface area (Å²) in [6.07, 6.45) is -1.02. The fraction of sp³-hybridized carbons (Fsp3) is 0.526. The minimum Gasteiger partial charge on any atom is -0.464 e. The highest BCUT2D eigenvalue weighted by Crippen LogP contribution is 2.26. The molecule has 0 N–H and O–H groups in total. The van der Waals surface area contributed by atoms with Crippen molar-refractivity contribution in [2.24, 2.45) is 0 Å². The van der Waals surface area contributed by atoms with Crippen LogP contribution in [-0.4, -0.2) is 47.2 Å². The molecule has 0 aliphatic rings. The average molecular weight is 394 g/mol. The quantitative estimate of drug-likeness (QED) is 0.433. The number of methoxy groups -OCH3 is 1. The molecule has 0 atom stereocenters. The van der Waals surface area contributed by atoms with E-state index >= 15 is 0 Å². The molecule has 0 unspecified atom stereocenters. The molecule has 9 nitrogen and oxygen atoms in total. The summed E-state index contributed by atoms with van der Waals surface area (Å²) >= 11 is 0. The number of Topliss-reactive ketones (excluding diaryl/α,β-unsaturated/α-hetero) is 1. The number of ether oxygens (including phenoxy) is 3. The summed E-state index contributed by atoms with van der Waals surface area (Å²) in [6.45, 7) is 11.0. The first-order valence-corrected chi connectivity index (χ1v) is 8.51. The molecule has 0 radical (unpaired) electrons. The van der Waals surface area contributed by atoms with Crippen molar-refractivity contribution in [3.8, 4) is 0 Å². The molecule has 0 bridgehead atoms. The van der Waals surface area contributed by atoms with Gasteiger partial charge in [0, 0.05) is 11.8 Å². The van der Waals surface area contributed by atoms with Gasteiger partial charge in [-0.05, 0) is 54.5 Å². The van der Waals surface area contributed by atoms with E-state index < -0.39 is 29.4 Å². The van der Waals surface area contributed by atoms with Crippen LogP contribution in [0.5, 0.6) is 0 Å². The molecular formula is C19H26N2O7. The minimum atomic E-state index is -1.09. The number of hydrogen-bond donors (Lipinski definition) is 0. The van der Waals surface area contributed by atoms with Crippen LogP contribution in [0.1, 0.15) is 69.3 Å². The molecule has 1 aromatic rings. The fourth-order valence-corrected chi connectivity index (χ4v) is 1.96. The number of carbonyl (C=O) groups excluding carboxylic acids is 4. The lowest BCUT2D eigenvalue weighted by molar-refractivity contribution is 0.0429. The number of carbonyl (C=O) groups is 4. The first-order chi connectivity index (χ1) is 12.7. The first kappa shape index (κ1) is 23.1. The van der Waals surface area contributed by atoms with Crippen LogP contribution in [0.25, 0.3) is 0 Å². The van der Waals surface area contributed by atoms with Gasteiger partial charge in [-0.2, -0.15) is 4.90 Å². The van der Waals surface area contributed by atoms with E-state index in [0.29, 0.717) is 4.90 Å². The van der Waals surface area contributed by atoms with Crippen molar-refractivity contribution < 1.29 is 33.4 Å². The molecule has 0 saturated heterocycles. The molecule has 1 heterocycles. The lowest BCUT2D eigenvalue weighted by Gasteiger charge is -2.29.